The zero-order chi connectivity index (χ0) is 22.3. The van der Waals surface area contributed by atoms with Crippen molar-refractivity contribution in [1.82, 2.24) is 24.5 Å². The van der Waals surface area contributed by atoms with Gasteiger partial charge < -0.3 is 9.55 Å². The number of nitrogens with zero attached hydrogens (tertiary/aromatic N) is 5. The molecule has 0 saturated carbocycles. The topological polar surface area (TPSA) is 56.5 Å². The minimum absolute atomic E-state index is 0. The monoisotopic (exact) mass is 618 g/mol. The van der Waals surface area contributed by atoms with Gasteiger partial charge in [-0.05, 0) is 23.9 Å². The van der Waals surface area contributed by atoms with Crippen molar-refractivity contribution in [1.29, 1.82) is 0 Å². The Morgan fingerprint density at radius 1 is 0.676 bits per heavy atom. The van der Waals surface area contributed by atoms with Crippen molar-refractivity contribution < 1.29 is 20.1 Å². The Kier molecular flexibility index (Phi) is 7.66. The van der Waals surface area contributed by atoms with E-state index in [1.807, 2.05) is 97.1 Å². The maximum atomic E-state index is 4.64. The molecule has 6 rings (SSSR count). The summed E-state index contributed by atoms with van der Waals surface area (Å²) in [4.78, 5) is 17.2. The zero-order valence-electron chi connectivity index (χ0n) is 18.0. The van der Waals surface area contributed by atoms with E-state index in [2.05, 4.69) is 36.6 Å². The number of aromatic nitrogens is 5. The van der Waals surface area contributed by atoms with Crippen LogP contribution in [0.3, 0.4) is 0 Å². The minimum atomic E-state index is 0. The first-order valence-corrected chi connectivity index (χ1v) is 10.5. The molecule has 0 aliphatic rings. The fourth-order valence-electron chi connectivity index (χ4n) is 3.45. The smallest absolute Gasteiger partial charge is 0.171 e. The van der Waals surface area contributed by atoms with Crippen LogP contribution in [-0.4, -0.2) is 24.5 Å². The first-order chi connectivity index (χ1) is 16.4. The first kappa shape index (κ1) is 23.2. The van der Waals surface area contributed by atoms with Crippen LogP contribution >= 0.6 is 0 Å². The molecule has 3 heterocycles. The predicted molar refractivity (Wildman–Crippen MR) is 129 cm³/mol. The summed E-state index contributed by atoms with van der Waals surface area (Å²) in [7, 11) is 0. The number of rotatable bonds is 3. The average molecular weight is 618 g/mol. The van der Waals surface area contributed by atoms with Crippen LogP contribution in [0.2, 0.25) is 0 Å². The van der Waals surface area contributed by atoms with Crippen LogP contribution in [0.1, 0.15) is 0 Å². The van der Waals surface area contributed by atoms with E-state index in [1.165, 1.54) is 6.33 Å². The van der Waals surface area contributed by atoms with Crippen LogP contribution in [0.4, 0.5) is 0 Å². The van der Waals surface area contributed by atoms with E-state index in [4.69, 9.17) is 0 Å². The van der Waals surface area contributed by atoms with Crippen molar-refractivity contribution in [3.8, 4) is 28.3 Å². The van der Waals surface area contributed by atoms with Gasteiger partial charge in [-0.2, -0.15) is 0 Å². The third-order valence-electron chi connectivity index (χ3n) is 4.95. The number of pyridine rings is 1. The van der Waals surface area contributed by atoms with E-state index >= 15 is 0 Å². The van der Waals surface area contributed by atoms with Crippen molar-refractivity contribution in [3.63, 3.8) is 0 Å². The van der Waals surface area contributed by atoms with E-state index < -0.39 is 0 Å². The summed E-state index contributed by atoms with van der Waals surface area (Å²) in [6, 6.07) is 37.9. The molecule has 0 bridgehead atoms. The Hall–Kier alpha value is -3.99. The number of fused-ring (bicyclic) bond motifs is 1. The van der Waals surface area contributed by atoms with E-state index in [0.29, 0.717) is 5.65 Å². The molecule has 0 aliphatic carbocycles. The first-order valence-electron chi connectivity index (χ1n) is 10.5. The molecule has 34 heavy (non-hydrogen) atoms. The fourth-order valence-corrected chi connectivity index (χ4v) is 3.45. The second-order valence-corrected chi connectivity index (χ2v) is 7.11. The van der Waals surface area contributed by atoms with Crippen LogP contribution in [-0.2, 0) is 20.1 Å². The minimum Gasteiger partial charge on any atom is -0.330 e. The number of para-hydroxylation sites is 1. The van der Waals surface area contributed by atoms with E-state index in [0.717, 1.165) is 33.8 Å². The number of hydrogen-bond acceptors (Lipinski definition) is 4. The van der Waals surface area contributed by atoms with Gasteiger partial charge in [0.1, 0.15) is 11.8 Å². The summed E-state index contributed by atoms with van der Waals surface area (Å²) < 4.78 is 2.06. The number of benzene rings is 3. The molecular weight excluding hydrogens is 599 g/mol. The van der Waals surface area contributed by atoms with Gasteiger partial charge >= 0.3 is 0 Å². The summed E-state index contributed by atoms with van der Waals surface area (Å²) in [6.45, 7) is 0. The Balaban J connectivity index is 0.000000180. The van der Waals surface area contributed by atoms with E-state index in [9.17, 15) is 0 Å². The van der Waals surface area contributed by atoms with Crippen molar-refractivity contribution >= 4 is 11.2 Å². The van der Waals surface area contributed by atoms with E-state index in [-0.39, 0.29) is 20.1 Å². The standard InChI is InChI=1S/C17H11N4.C11H8N.Ir/c1-3-7-13(8-4-1)17-20-16-15(11-18-12-19-16)21(17)14-9-5-2-6-10-14;1-2-6-10(7-3-1)11-8-4-5-9-12-11;/h1-7,9-12H;1-6,8-9H;/q2*-1;. The summed E-state index contributed by atoms with van der Waals surface area (Å²) in [5.74, 6) is 0.817. The predicted octanol–water partition coefficient (Wildman–Crippen LogP) is 5.83. The molecule has 3 aromatic carbocycles. The van der Waals surface area contributed by atoms with Crippen molar-refractivity contribution in [2.24, 2.45) is 0 Å². The molecule has 3 aromatic heterocycles. The van der Waals surface area contributed by atoms with Gasteiger partial charge in [0, 0.05) is 32.0 Å². The van der Waals surface area contributed by atoms with Crippen molar-refractivity contribution in [2.75, 3.05) is 0 Å². The Labute approximate surface area is 211 Å². The van der Waals surface area contributed by atoms with Gasteiger partial charge in [0.25, 0.3) is 0 Å². The van der Waals surface area contributed by atoms with Crippen LogP contribution in [0.15, 0.2) is 116 Å². The van der Waals surface area contributed by atoms with Crippen LogP contribution in [0.25, 0.3) is 39.5 Å². The zero-order valence-corrected chi connectivity index (χ0v) is 20.4. The molecule has 0 amide bonds. The van der Waals surface area contributed by atoms with Gasteiger partial charge in [-0.15, -0.1) is 71.8 Å². The summed E-state index contributed by atoms with van der Waals surface area (Å²) in [6.07, 6.45) is 5.09. The molecule has 0 aliphatic heterocycles. The van der Waals surface area contributed by atoms with Gasteiger partial charge in [0.05, 0.1) is 12.0 Å². The normalized spacial score (nSPS) is 10.1. The molecule has 6 heteroatoms. The third-order valence-corrected chi connectivity index (χ3v) is 4.95. The SMILES string of the molecule is [Ir].[c-]1ccccc1-c1ccccn1.[c-]1ccccc1-c1nc2ncncc2n1-c1ccccc1. The molecule has 5 nitrogen and oxygen atoms in total. The molecule has 0 spiro atoms. The molecule has 1 radical (unpaired) electrons. The molecule has 167 valence electrons. The second-order valence-electron chi connectivity index (χ2n) is 7.11. The summed E-state index contributed by atoms with van der Waals surface area (Å²) in [5, 5.41) is 0. The molecule has 0 N–H and O–H groups in total. The summed E-state index contributed by atoms with van der Waals surface area (Å²) >= 11 is 0. The van der Waals surface area contributed by atoms with Crippen LogP contribution in [0.5, 0.6) is 0 Å². The maximum Gasteiger partial charge on any atom is 0.171 e. The molecule has 0 atom stereocenters. The largest absolute Gasteiger partial charge is 0.330 e. The van der Waals surface area contributed by atoms with E-state index in [1.54, 1.807) is 12.4 Å². The van der Waals surface area contributed by atoms with Gasteiger partial charge in [-0.1, -0.05) is 30.3 Å². The molecular formula is C28H19IrN5-2. The average Bonchev–Trinajstić information content (AvgIpc) is 3.31. The number of hydrogen-bond donors (Lipinski definition) is 0. The molecule has 0 unspecified atom stereocenters. The van der Waals surface area contributed by atoms with Gasteiger partial charge in [0.15, 0.2) is 5.65 Å². The van der Waals surface area contributed by atoms with Gasteiger partial charge in [0.2, 0.25) is 0 Å². The Morgan fingerprint density at radius 3 is 2.06 bits per heavy atom. The Morgan fingerprint density at radius 2 is 1.38 bits per heavy atom. The Bertz CT molecular complexity index is 1400. The molecule has 0 fully saturated rings. The van der Waals surface area contributed by atoms with Crippen LogP contribution in [0, 0.1) is 12.1 Å². The van der Waals surface area contributed by atoms with Crippen molar-refractivity contribution in [2.45, 2.75) is 0 Å². The summed E-state index contributed by atoms with van der Waals surface area (Å²) in [5.41, 5.74) is 5.54. The quantitative estimate of drug-likeness (QED) is 0.235. The third kappa shape index (κ3) is 5.15. The van der Waals surface area contributed by atoms with Gasteiger partial charge in [-0.3, -0.25) is 4.98 Å². The second kappa shape index (κ2) is 11.2. The number of imidazole rings is 1. The maximum absolute atomic E-state index is 4.64. The molecule has 0 saturated heterocycles. The fraction of sp³-hybridized carbons (Fsp3) is 0. The van der Waals surface area contributed by atoms with Gasteiger partial charge in [-0.25, -0.2) is 9.97 Å². The molecule has 6 aromatic rings. The van der Waals surface area contributed by atoms with Crippen molar-refractivity contribution in [3.05, 3.63) is 128 Å². The van der Waals surface area contributed by atoms with Crippen LogP contribution < -0.4 is 0 Å².